The molecule has 4 heteroatoms. The minimum Gasteiger partial charge on any atom is -0.378 e. The van der Waals surface area contributed by atoms with Crippen molar-refractivity contribution in [2.24, 2.45) is 5.10 Å². The Morgan fingerprint density at radius 1 is 1.05 bits per heavy atom. The van der Waals surface area contributed by atoms with E-state index >= 15 is 0 Å². The van der Waals surface area contributed by atoms with Crippen LogP contribution in [0, 0.1) is 0 Å². The van der Waals surface area contributed by atoms with Gasteiger partial charge in [-0.05, 0) is 36.8 Å². The quantitative estimate of drug-likeness (QED) is 0.680. The maximum Gasteiger partial charge on any atom is 0.271 e. The Morgan fingerprint density at radius 2 is 1.68 bits per heavy atom. The highest BCUT2D eigenvalue weighted by Crippen LogP contribution is 2.12. The van der Waals surface area contributed by atoms with Crippen molar-refractivity contribution in [2.75, 3.05) is 19.0 Å². The third kappa shape index (κ3) is 4.45. The van der Waals surface area contributed by atoms with Crippen molar-refractivity contribution in [3.05, 3.63) is 65.7 Å². The molecule has 0 bridgehead atoms. The number of hydrogen-bond donors (Lipinski definition) is 1. The average molecular weight is 295 g/mol. The van der Waals surface area contributed by atoms with E-state index in [0.29, 0.717) is 5.56 Å². The van der Waals surface area contributed by atoms with E-state index in [9.17, 15) is 4.79 Å². The molecule has 4 nitrogen and oxygen atoms in total. The average Bonchev–Trinajstić information content (AvgIpc) is 2.53. The normalized spacial score (nSPS) is 11.1. The molecule has 22 heavy (non-hydrogen) atoms. The topological polar surface area (TPSA) is 44.7 Å². The van der Waals surface area contributed by atoms with E-state index < -0.39 is 0 Å². The lowest BCUT2D eigenvalue weighted by atomic mass is 10.1. The maximum atomic E-state index is 12.1. The number of hydrazone groups is 1. The largest absolute Gasteiger partial charge is 0.378 e. The van der Waals surface area contributed by atoms with E-state index in [0.717, 1.165) is 17.8 Å². The first-order valence-corrected chi connectivity index (χ1v) is 7.21. The van der Waals surface area contributed by atoms with Crippen molar-refractivity contribution in [2.45, 2.75) is 13.3 Å². The summed E-state index contributed by atoms with van der Waals surface area (Å²) in [5.41, 5.74) is 6.30. The summed E-state index contributed by atoms with van der Waals surface area (Å²) in [6, 6.07) is 17.5. The van der Waals surface area contributed by atoms with Crippen LogP contribution < -0.4 is 10.3 Å². The molecule has 1 amide bonds. The number of nitrogens with zero attached hydrogens (tertiary/aromatic N) is 2. The van der Waals surface area contributed by atoms with E-state index in [1.54, 1.807) is 12.1 Å². The Morgan fingerprint density at radius 3 is 2.27 bits per heavy atom. The second kappa shape index (κ2) is 7.41. The molecule has 2 aromatic rings. The van der Waals surface area contributed by atoms with Gasteiger partial charge in [-0.15, -0.1) is 0 Å². The molecule has 0 atom stereocenters. The first-order chi connectivity index (χ1) is 10.6. The van der Waals surface area contributed by atoms with Crippen LogP contribution in [0.2, 0.25) is 0 Å². The lowest BCUT2D eigenvalue weighted by Gasteiger charge is -2.12. The molecule has 0 saturated carbocycles. The van der Waals surface area contributed by atoms with Crippen molar-refractivity contribution in [1.29, 1.82) is 0 Å². The summed E-state index contributed by atoms with van der Waals surface area (Å²) < 4.78 is 0. The zero-order valence-electron chi connectivity index (χ0n) is 13.2. The molecule has 0 aliphatic rings. The SMILES string of the molecule is C/C(Cc1ccccc1)=N\NC(=O)c1ccc(N(C)C)cc1. The van der Waals surface area contributed by atoms with Gasteiger partial charge in [-0.1, -0.05) is 30.3 Å². The minimum absolute atomic E-state index is 0.197. The van der Waals surface area contributed by atoms with E-state index in [-0.39, 0.29) is 5.91 Å². The summed E-state index contributed by atoms with van der Waals surface area (Å²) in [5, 5.41) is 4.16. The molecule has 0 saturated heterocycles. The van der Waals surface area contributed by atoms with Crippen LogP contribution in [0.3, 0.4) is 0 Å². The van der Waals surface area contributed by atoms with E-state index in [1.165, 1.54) is 5.56 Å². The molecule has 0 fully saturated rings. The van der Waals surface area contributed by atoms with E-state index in [2.05, 4.69) is 10.5 Å². The molecule has 0 spiro atoms. The molecule has 2 rings (SSSR count). The Bertz CT molecular complexity index is 646. The van der Waals surface area contributed by atoms with Crippen LogP contribution >= 0.6 is 0 Å². The van der Waals surface area contributed by atoms with Crippen molar-refractivity contribution < 1.29 is 4.79 Å². The highest BCUT2D eigenvalue weighted by Gasteiger charge is 2.05. The Hall–Kier alpha value is -2.62. The fraction of sp³-hybridized carbons (Fsp3) is 0.222. The minimum atomic E-state index is -0.197. The Labute approximate surface area is 131 Å². The van der Waals surface area contributed by atoms with Gasteiger partial charge in [-0.25, -0.2) is 5.43 Å². The van der Waals surface area contributed by atoms with Gasteiger partial charge in [0.15, 0.2) is 0 Å². The molecule has 0 aliphatic carbocycles. The van der Waals surface area contributed by atoms with Gasteiger partial charge in [-0.3, -0.25) is 4.79 Å². The molecule has 0 heterocycles. The molecular weight excluding hydrogens is 274 g/mol. The zero-order valence-corrected chi connectivity index (χ0v) is 13.2. The second-order valence-corrected chi connectivity index (χ2v) is 5.39. The molecule has 0 aromatic heterocycles. The Balaban J connectivity index is 1.95. The van der Waals surface area contributed by atoms with Crippen molar-refractivity contribution in [3.8, 4) is 0 Å². The second-order valence-electron chi connectivity index (χ2n) is 5.39. The summed E-state index contributed by atoms with van der Waals surface area (Å²) in [7, 11) is 3.93. The number of carbonyl (C=O) groups excluding carboxylic acids is 1. The zero-order chi connectivity index (χ0) is 15.9. The number of benzene rings is 2. The molecule has 114 valence electrons. The van der Waals surface area contributed by atoms with Crippen LogP contribution in [0.5, 0.6) is 0 Å². The molecule has 0 aliphatic heterocycles. The van der Waals surface area contributed by atoms with Crippen LogP contribution in [0.15, 0.2) is 59.7 Å². The highest BCUT2D eigenvalue weighted by molar-refractivity contribution is 5.95. The van der Waals surface area contributed by atoms with Crippen LogP contribution in [-0.4, -0.2) is 25.7 Å². The van der Waals surface area contributed by atoms with Crippen molar-refractivity contribution in [1.82, 2.24) is 5.43 Å². The molecule has 0 radical (unpaired) electrons. The highest BCUT2D eigenvalue weighted by atomic mass is 16.2. The van der Waals surface area contributed by atoms with Gasteiger partial charge in [0.05, 0.1) is 0 Å². The van der Waals surface area contributed by atoms with Crippen LogP contribution in [-0.2, 0) is 6.42 Å². The van der Waals surface area contributed by atoms with Crippen LogP contribution in [0.4, 0.5) is 5.69 Å². The number of nitrogens with one attached hydrogen (secondary N) is 1. The number of carbonyl (C=O) groups is 1. The van der Waals surface area contributed by atoms with Gasteiger partial charge < -0.3 is 4.90 Å². The predicted octanol–water partition coefficient (Wildman–Crippen LogP) is 3.10. The lowest BCUT2D eigenvalue weighted by Crippen LogP contribution is -2.19. The summed E-state index contributed by atoms with van der Waals surface area (Å²) in [6.45, 7) is 1.91. The molecular formula is C18H21N3O. The van der Waals surface area contributed by atoms with Gasteiger partial charge in [0.2, 0.25) is 0 Å². The summed E-state index contributed by atoms with van der Waals surface area (Å²) >= 11 is 0. The predicted molar refractivity (Wildman–Crippen MR) is 91.5 cm³/mol. The van der Waals surface area contributed by atoms with Crippen LogP contribution in [0.1, 0.15) is 22.8 Å². The fourth-order valence-electron chi connectivity index (χ4n) is 2.05. The smallest absolute Gasteiger partial charge is 0.271 e. The van der Waals surface area contributed by atoms with Gasteiger partial charge in [0, 0.05) is 37.5 Å². The number of rotatable bonds is 5. The molecule has 1 N–H and O–H groups in total. The van der Waals surface area contributed by atoms with E-state index in [1.807, 2.05) is 68.4 Å². The van der Waals surface area contributed by atoms with Crippen LogP contribution in [0.25, 0.3) is 0 Å². The number of amides is 1. The maximum absolute atomic E-state index is 12.1. The lowest BCUT2D eigenvalue weighted by molar-refractivity contribution is 0.0954. The van der Waals surface area contributed by atoms with Crippen molar-refractivity contribution >= 4 is 17.3 Å². The van der Waals surface area contributed by atoms with Gasteiger partial charge in [0.1, 0.15) is 0 Å². The first-order valence-electron chi connectivity index (χ1n) is 7.21. The summed E-state index contributed by atoms with van der Waals surface area (Å²) in [4.78, 5) is 14.0. The molecule has 0 unspecified atom stereocenters. The third-order valence-electron chi connectivity index (χ3n) is 3.30. The molecule has 2 aromatic carbocycles. The summed E-state index contributed by atoms with van der Waals surface area (Å²) in [5.74, 6) is -0.197. The Kier molecular flexibility index (Phi) is 5.31. The van der Waals surface area contributed by atoms with Crippen molar-refractivity contribution in [3.63, 3.8) is 0 Å². The number of hydrogen-bond acceptors (Lipinski definition) is 3. The van der Waals surface area contributed by atoms with Gasteiger partial charge >= 0.3 is 0 Å². The van der Waals surface area contributed by atoms with Gasteiger partial charge in [0.25, 0.3) is 5.91 Å². The third-order valence-corrected chi connectivity index (χ3v) is 3.30. The monoisotopic (exact) mass is 295 g/mol. The standard InChI is InChI=1S/C18H21N3O/c1-14(13-15-7-5-4-6-8-15)19-20-18(22)16-9-11-17(12-10-16)21(2)3/h4-12H,13H2,1-3H3,(H,20,22)/b19-14+. The fourth-order valence-corrected chi connectivity index (χ4v) is 2.05. The van der Waals surface area contributed by atoms with Gasteiger partial charge in [-0.2, -0.15) is 5.10 Å². The van der Waals surface area contributed by atoms with E-state index in [4.69, 9.17) is 0 Å². The number of anilines is 1. The summed E-state index contributed by atoms with van der Waals surface area (Å²) in [6.07, 6.45) is 0.723. The first kappa shape index (κ1) is 15.8.